The van der Waals surface area contributed by atoms with Crippen LogP contribution in [0.1, 0.15) is 0 Å². The Hall–Kier alpha value is -1.58. The van der Waals surface area contributed by atoms with Gasteiger partial charge >= 0.3 is 0 Å². The van der Waals surface area contributed by atoms with Crippen molar-refractivity contribution >= 4 is 12.1 Å². The van der Waals surface area contributed by atoms with Crippen molar-refractivity contribution in [3.8, 4) is 0 Å². The lowest BCUT2D eigenvalue weighted by atomic mass is 10.1. The molecule has 0 bridgehead atoms. The summed E-state index contributed by atoms with van der Waals surface area (Å²) >= 11 is 0. The third kappa shape index (κ3) is 0.922. The summed E-state index contributed by atoms with van der Waals surface area (Å²) in [4.78, 5) is 11.4. The van der Waals surface area contributed by atoms with Crippen LogP contribution < -0.4 is 0 Å². The first-order chi connectivity index (χ1) is 5.79. The number of carbonyl (C=O) groups excluding carboxylic acids is 1. The number of likely N-dealkylation sites (N-methyl/N-ethyl adjacent to an activating group) is 1. The monoisotopic (exact) mass is 164 g/mol. The second-order valence-electron chi connectivity index (χ2n) is 2.62. The number of hydrogen-bond donors (Lipinski definition) is 0. The van der Waals surface area contributed by atoms with Crippen molar-refractivity contribution in [2.24, 2.45) is 5.10 Å². The van der Waals surface area contributed by atoms with E-state index in [0.29, 0.717) is 0 Å². The predicted octanol–water partition coefficient (Wildman–Crippen LogP) is 0.283. The van der Waals surface area contributed by atoms with Gasteiger partial charge in [-0.25, -0.2) is 5.01 Å². The zero-order valence-electron chi connectivity index (χ0n) is 6.60. The molecule has 0 N–H and O–H groups in total. The number of carbonyl (C=O) groups is 1. The van der Waals surface area contributed by atoms with Crippen LogP contribution in [0.25, 0.3) is 0 Å². The van der Waals surface area contributed by atoms with Gasteiger partial charge in [-0.05, 0) is 6.08 Å². The molecule has 0 aromatic heterocycles. The van der Waals surface area contributed by atoms with Gasteiger partial charge in [0.05, 0.1) is 12.5 Å². The quantitative estimate of drug-likeness (QED) is 0.516. The van der Waals surface area contributed by atoms with E-state index < -0.39 is 6.10 Å². The molecule has 0 fully saturated rings. The fourth-order valence-corrected chi connectivity index (χ4v) is 1.13. The number of rotatable bonds is 0. The van der Waals surface area contributed by atoms with Crippen LogP contribution in [0, 0.1) is 0 Å². The van der Waals surface area contributed by atoms with E-state index >= 15 is 0 Å². The third-order valence-corrected chi connectivity index (χ3v) is 1.81. The largest absolute Gasteiger partial charge is 0.483 e. The molecule has 1 amide bonds. The molecular weight excluding hydrogens is 156 g/mol. The van der Waals surface area contributed by atoms with Gasteiger partial charge in [-0.3, -0.25) is 4.79 Å². The Morgan fingerprint density at radius 1 is 1.67 bits per heavy atom. The number of hydrogen-bond acceptors (Lipinski definition) is 3. The molecule has 0 aromatic carbocycles. The van der Waals surface area contributed by atoms with E-state index in [0.717, 1.165) is 5.57 Å². The molecule has 0 spiro atoms. The van der Waals surface area contributed by atoms with Crippen LogP contribution in [0.3, 0.4) is 0 Å². The zero-order chi connectivity index (χ0) is 8.55. The maximum absolute atomic E-state index is 11.4. The summed E-state index contributed by atoms with van der Waals surface area (Å²) < 4.78 is 5.13. The molecule has 0 aliphatic carbocycles. The Morgan fingerprint density at radius 2 is 2.50 bits per heavy atom. The molecule has 2 aliphatic rings. The van der Waals surface area contributed by atoms with Crippen LogP contribution in [-0.4, -0.2) is 30.3 Å². The summed E-state index contributed by atoms with van der Waals surface area (Å²) in [5.41, 5.74) is 0.806. The Balaban J connectivity index is 2.37. The number of nitrogens with zero attached hydrogens (tertiary/aromatic N) is 2. The van der Waals surface area contributed by atoms with Gasteiger partial charge in [0.25, 0.3) is 5.91 Å². The van der Waals surface area contributed by atoms with Crippen LogP contribution in [0.15, 0.2) is 29.1 Å². The van der Waals surface area contributed by atoms with Gasteiger partial charge < -0.3 is 4.74 Å². The third-order valence-electron chi connectivity index (χ3n) is 1.81. The Kier molecular flexibility index (Phi) is 1.46. The van der Waals surface area contributed by atoms with Gasteiger partial charge in [-0.15, -0.1) is 0 Å². The molecular formula is C8H8N2O2. The molecule has 2 rings (SSSR count). The Bertz CT molecular complexity index is 304. The molecule has 62 valence electrons. The first kappa shape index (κ1) is 7.09. The lowest BCUT2D eigenvalue weighted by Gasteiger charge is -2.25. The van der Waals surface area contributed by atoms with Crippen LogP contribution in [0.5, 0.6) is 0 Å². The molecule has 2 heterocycles. The van der Waals surface area contributed by atoms with Crippen molar-refractivity contribution in [1.82, 2.24) is 5.01 Å². The average molecular weight is 164 g/mol. The number of allylic oxidation sites excluding steroid dienone is 2. The van der Waals surface area contributed by atoms with Gasteiger partial charge in [-0.1, -0.05) is 6.08 Å². The van der Waals surface area contributed by atoms with Gasteiger partial charge in [0.2, 0.25) is 6.10 Å². The molecule has 0 radical (unpaired) electrons. The summed E-state index contributed by atoms with van der Waals surface area (Å²) in [5.74, 6) is -0.131. The van der Waals surface area contributed by atoms with Crippen molar-refractivity contribution in [3.05, 3.63) is 24.0 Å². The van der Waals surface area contributed by atoms with Crippen LogP contribution in [0.2, 0.25) is 0 Å². The molecule has 4 heteroatoms. The molecule has 2 aliphatic heterocycles. The summed E-state index contributed by atoms with van der Waals surface area (Å²) in [7, 11) is 1.61. The maximum Gasteiger partial charge on any atom is 0.288 e. The summed E-state index contributed by atoms with van der Waals surface area (Å²) in [6, 6.07) is 0. The summed E-state index contributed by atoms with van der Waals surface area (Å²) in [5, 5.41) is 5.15. The number of hydrazone groups is 1. The van der Waals surface area contributed by atoms with E-state index in [1.54, 1.807) is 19.3 Å². The zero-order valence-corrected chi connectivity index (χ0v) is 6.60. The molecule has 0 saturated carbocycles. The van der Waals surface area contributed by atoms with Crippen molar-refractivity contribution < 1.29 is 9.53 Å². The highest BCUT2D eigenvalue weighted by molar-refractivity contribution is 5.97. The van der Waals surface area contributed by atoms with Crippen LogP contribution in [0.4, 0.5) is 0 Å². The number of fused-ring (bicyclic) bond motifs is 1. The van der Waals surface area contributed by atoms with Gasteiger partial charge in [0.1, 0.15) is 0 Å². The van der Waals surface area contributed by atoms with E-state index in [2.05, 4.69) is 5.10 Å². The topological polar surface area (TPSA) is 41.9 Å². The fraction of sp³-hybridized carbons (Fsp3) is 0.250. The number of ether oxygens (including phenoxy) is 1. The minimum atomic E-state index is -0.488. The van der Waals surface area contributed by atoms with E-state index in [1.165, 1.54) is 11.3 Å². The van der Waals surface area contributed by atoms with Crippen molar-refractivity contribution in [2.75, 3.05) is 7.05 Å². The summed E-state index contributed by atoms with van der Waals surface area (Å²) in [6.07, 6.45) is 6.23. The smallest absolute Gasteiger partial charge is 0.288 e. The van der Waals surface area contributed by atoms with Crippen molar-refractivity contribution in [3.63, 3.8) is 0 Å². The fourth-order valence-electron chi connectivity index (χ4n) is 1.13. The predicted molar refractivity (Wildman–Crippen MR) is 43.4 cm³/mol. The molecule has 0 aromatic rings. The first-order valence-electron chi connectivity index (χ1n) is 3.63. The van der Waals surface area contributed by atoms with E-state index in [-0.39, 0.29) is 5.91 Å². The van der Waals surface area contributed by atoms with E-state index in [4.69, 9.17) is 4.74 Å². The molecule has 12 heavy (non-hydrogen) atoms. The normalized spacial score (nSPS) is 26.4. The van der Waals surface area contributed by atoms with Gasteiger partial charge in [0.15, 0.2) is 0 Å². The lowest BCUT2D eigenvalue weighted by molar-refractivity contribution is -0.137. The minimum absolute atomic E-state index is 0.131. The van der Waals surface area contributed by atoms with Crippen LogP contribution >= 0.6 is 0 Å². The van der Waals surface area contributed by atoms with E-state index in [9.17, 15) is 4.79 Å². The van der Waals surface area contributed by atoms with Crippen LogP contribution in [-0.2, 0) is 9.53 Å². The highest BCUT2D eigenvalue weighted by Gasteiger charge is 2.30. The van der Waals surface area contributed by atoms with Crippen molar-refractivity contribution in [2.45, 2.75) is 6.10 Å². The SMILES string of the molecule is CN1N=CC2=CC=COC2C1=O. The summed E-state index contributed by atoms with van der Waals surface area (Å²) in [6.45, 7) is 0. The van der Waals surface area contributed by atoms with Crippen molar-refractivity contribution in [1.29, 1.82) is 0 Å². The van der Waals surface area contributed by atoms with E-state index in [1.807, 2.05) is 6.08 Å². The Labute approximate surface area is 69.8 Å². The molecule has 0 saturated heterocycles. The standard InChI is InChI=1S/C8H8N2O2/c1-10-8(11)7-6(5-9-10)3-2-4-12-7/h2-5,7H,1H3. The Morgan fingerprint density at radius 3 is 3.33 bits per heavy atom. The highest BCUT2D eigenvalue weighted by Crippen LogP contribution is 2.16. The molecule has 1 unspecified atom stereocenters. The number of amides is 1. The van der Waals surface area contributed by atoms with Gasteiger partial charge in [0, 0.05) is 12.6 Å². The second kappa shape index (κ2) is 2.48. The minimum Gasteiger partial charge on any atom is -0.483 e. The van der Waals surface area contributed by atoms with Gasteiger partial charge in [-0.2, -0.15) is 5.10 Å². The second-order valence-corrected chi connectivity index (χ2v) is 2.62. The lowest BCUT2D eigenvalue weighted by Crippen LogP contribution is -2.40. The first-order valence-corrected chi connectivity index (χ1v) is 3.63. The average Bonchev–Trinajstić information content (AvgIpc) is 2.12. The molecule has 4 nitrogen and oxygen atoms in total. The highest BCUT2D eigenvalue weighted by atomic mass is 16.5. The molecule has 1 atom stereocenters. The maximum atomic E-state index is 11.4.